The van der Waals surface area contributed by atoms with E-state index >= 15 is 0 Å². The second kappa shape index (κ2) is 8.49. The summed E-state index contributed by atoms with van der Waals surface area (Å²) in [4.78, 5) is 17.1. The lowest BCUT2D eigenvalue weighted by Gasteiger charge is -2.38. The zero-order valence-corrected chi connectivity index (χ0v) is 17.9. The van der Waals surface area contributed by atoms with Crippen molar-refractivity contribution < 1.29 is 32.0 Å². The second-order valence-electron chi connectivity index (χ2n) is 8.15. The van der Waals surface area contributed by atoms with Gasteiger partial charge in [0.25, 0.3) is 5.89 Å². The molecule has 174 valence electrons. The number of hydrogen-bond acceptors (Lipinski definition) is 5. The van der Waals surface area contributed by atoms with Gasteiger partial charge < -0.3 is 14.5 Å². The summed E-state index contributed by atoms with van der Waals surface area (Å²) in [5, 5.41) is 12.8. The van der Waals surface area contributed by atoms with Gasteiger partial charge in [0, 0.05) is 23.7 Å². The van der Waals surface area contributed by atoms with Crippen molar-refractivity contribution in [3.05, 3.63) is 52.8 Å². The van der Waals surface area contributed by atoms with E-state index in [9.17, 15) is 22.4 Å². The van der Waals surface area contributed by atoms with Crippen LogP contribution in [0.4, 0.5) is 23.2 Å². The molecular weight excluding hydrogens is 442 g/mol. The average Bonchev–Trinajstić information content (AvgIpc) is 3.24. The molecule has 6 nitrogen and oxygen atoms in total. The fourth-order valence-corrected chi connectivity index (χ4v) is 4.22. The Kier molecular flexibility index (Phi) is 5.85. The van der Waals surface area contributed by atoms with Gasteiger partial charge in [0.15, 0.2) is 0 Å². The van der Waals surface area contributed by atoms with Crippen LogP contribution in [0.5, 0.6) is 0 Å². The molecule has 1 atom stereocenters. The quantitative estimate of drug-likeness (QED) is 0.482. The van der Waals surface area contributed by atoms with Gasteiger partial charge in [-0.3, -0.25) is 0 Å². The topological polar surface area (TPSA) is 79.5 Å². The first-order chi connectivity index (χ1) is 15.6. The van der Waals surface area contributed by atoms with Crippen LogP contribution >= 0.6 is 0 Å². The van der Waals surface area contributed by atoms with E-state index in [1.807, 2.05) is 6.92 Å². The van der Waals surface area contributed by atoms with Crippen LogP contribution in [0.25, 0.3) is 22.8 Å². The number of hydrogen-bond donors (Lipinski definition) is 1. The first-order valence-corrected chi connectivity index (χ1v) is 10.4. The maximum absolute atomic E-state index is 14.0. The van der Waals surface area contributed by atoms with E-state index in [1.165, 1.54) is 6.07 Å². The van der Waals surface area contributed by atoms with Crippen LogP contribution in [-0.2, 0) is 6.18 Å². The lowest BCUT2D eigenvalue weighted by molar-refractivity contribution is -0.137. The zero-order chi connectivity index (χ0) is 23.9. The monoisotopic (exact) mass is 463 g/mol. The average molecular weight is 463 g/mol. The third-order valence-electron chi connectivity index (χ3n) is 5.82. The number of benzene rings is 2. The summed E-state index contributed by atoms with van der Waals surface area (Å²) in [6.07, 6.45) is -1.97. The minimum Gasteiger partial charge on any atom is -0.478 e. The summed E-state index contributed by atoms with van der Waals surface area (Å²) in [5.41, 5.74) is -0.510. The summed E-state index contributed by atoms with van der Waals surface area (Å²) in [7, 11) is 0. The van der Waals surface area contributed by atoms with Gasteiger partial charge in [-0.15, -0.1) is 0 Å². The molecule has 1 unspecified atom stereocenters. The number of halogens is 4. The molecule has 2 heterocycles. The molecule has 1 aliphatic rings. The number of rotatable bonds is 4. The molecule has 0 spiro atoms. The predicted octanol–water partition coefficient (Wildman–Crippen LogP) is 5.95. The fraction of sp³-hybridized carbons (Fsp3) is 0.348. The SMILES string of the molecule is Cc1cc(-c2nc(-c3ccc(F)c(C(=O)O)c3)no2)cc(C(F)(F)F)c1N1CCCCC1C. The highest BCUT2D eigenvalue weighted by Crippen LogP contribution is 2.43. The zero-order valence-electron chi connectivity index (χ0n) is 17.9. The van der Waals surface area contributed by atoms with Crippen molar-refractivity contribution in [3.63, 3.8) is 0 Å². The van der Waals surface area contributed by atoms with Crippen LogP contribution in [0.3, 0.4) is 0 Å². The number of anilines is 1. The molecule has 0 amide bonds. The van der Waals surface area contributed by atoms with Crippen LogP contribution in [0, 0.1) is 12.7 Å². The Hall–Kier alpha value is -3.43. The Bertz CT molecular complexity index is 1210. The van der Waals surface area contributed by atoms with Crippen LogP contribution < -0.4 is 4.90 Å². The summed E-state index contributed by atoms with van der Waals surface area (Å²) in [6.45, 7) is 4.09. The number of carbonyl (C=O) groups is 1. The molecule has 4 rings (SSSR count). The van der Waals surface area contributed by atoms with Crippen molar-refractivity contribution in [1.29, 1.82) is 0 Å². The van der Waals surface area contributed by atoms with Crippen LogP contribution in [-0.4, -0.2) is 33.8 Å². The summed E-state index contributed by atoms with van der Waals surface area (Å²) in [5.74, 6) is -2.61. The number of nitrogens with zero attached hydrogens (tertiary/aromatic N) is 3. The number of aromatic nitrogens is 2. The van der Waals surface area contributed by atoms with Gasteiger partial charge in [0.2, 0.25) is 5.82 Å². The number of carboxylic acid groups (broad SMARTS) is 1. The molecule has 1 N–H and O–H groups in total. The Labute approximate surface area is 186 Å². The molecule has 1 saturated heterocycles. The normalized spacial score (nSPS) is 16.8. The van der Waals surface area contributed by atoms with E-state index in [0.29, 0.717) is 12.1 Å². The van der Waals surface area contributed by atoms with Crippen molar-refractivity contribution in [2.24, 2.45) is 0 Å². The number of aromatic carboxylic acids is 1. The maximum atomic E-state index is 14.0. The van der Waals surface area contributed by atoms with E-state index in [1.54, 1.807) is 17.9 Å². The molecule has 1 fully saturated rings. The molecule has 3 aromatic rings. The number of piperidine rings is 1. The van der Waals surface area contributed by atoms with Crippen molar-refractivity contribution in [2.45, 2.75) is 45.3 Å². The summed E-state index contributed by atoms with van der Waals surface area (Å²) >= 11 is 0. The van der Waals surface area contributed by atoms with Gasteiger partial charge in [-0.25, -0.2) is 9.18 Å². The Morgan fingerprint density at radius 1 is 1.18 bits per heavy atom. The highest BCUT2D eigenvalue weighted by atomic mass is 19.4. The van der Waals surface area contributed by atoms with Gasteiger partial charge in [0.1, 0.15) is 5.82 Å². The van der Waals surface area contributed by atoms with Crippen LogP contribution in [0.15, 0.2) is 34.9 Å². The van der Waals surface area contributed by atoms with Gasteiger partial charge in [-0.1, -0.05) is 5.16 Å². The Morgan fingerprint density at radius 3 is 2.61 bits per heavy atom. The molecule has 0 bridgehead atoms. The molecule has 0 aliphatic carbocycles. The minimum absolute atomic E-state index is 0.0127. The Morgan fingerprint density at radius 2 is 1.94 bits per heavy atom. The maximum Gasteiger partial charge on any atom is 0.418 e. The lowest BCUT2D eigenvalue weighted by atomic mass is 9.96. The molecule has 1 aliphatic heterocycles. The van der Waals surface area contributed by atoms with Crippen molar-refractivity contribution in [3.8, 4) is 22.8 Å². The third-order valence-corrected chi connectivity index (χ3v) is 5.82. The van der Waals surface area contributed by atoms with Gasteiger partial charge in [-0.2, -0.15) is 18.2 Å². The van der Waals surface area contributed by atoms with E-state index in [2.05, 4.69) is 10.1 Å². The summed E-state index contributed by atoms with van der Waals surface area (Å²) in [6, 6.07) is 5.81. The van der Waals surface area contributed by atoms with Gasteiger partial charge in [-0.05, 0) is 69.0 Å². The standard InChI is InChI=1S/C23H21F4N3O3/c1-12-9-15(11-17(23(25,26)27)19(12)30-8-4-3-5-13(30)2)21-28-20(29-33-21)14-6-7-18(24)16(10-14)22(31)32/h6-7,9-11,13H,3-5,8H2,1-2H3,(H,31,32). The molecule has 1 aromatic heterocycles. The van der Waals surface area contributed by atoms with E-state index in [-0.39, 0.29) is 34.6 Å². The fourth-order valence-electron chi connectivity index (χ4n) is 4.22. The predicted molar refractivity (Wildman–Crippen MR) is 112 cm³/mol. The molecule has 0 radical (unpaired) electrons. The van der Waals surface area contributed by atoms with Crippen molar-refractivity contribution >= 4 is 11.7 Å². The van der Waals surface area contributed by atoms with Crippen LogP contribution in [0.2, 0.25) is 0 Å². The number of alkyl halides is 3. The first kappa shape index (κ1) is 22.8. The second-order valence-corrected chi connectivity index (χ2v) is 8.15. The lowest BCUT2D eigenvalue weighted by Crippen LogP contribution is -2.39. The third kappa shape index (κ3) is 4.42. The number of carboxylic acids is 1. The summed E-state index contributed by atoms with van der Waals surface area (Å²) < 4.78 is 61.0. The molecular formula is C23H21F4N3O3. The Balaban J connectivity index is 1.77. The molecule has 33 heavy (non-hydrogen) atoms. The first-order valence-electron chi connectivity index (χ1n) is 10.4. The smallest absolute Gasteiger partial charge is 0.418 e. The molecule has 2 aromatic carbocycles. The van der Waals surface area contributed by atoms with E-state index < -0.39 is 29.1 Å². The largest absolute Gasteiger partial charge is 0.478 e. The molecule has 0 saturated carbocycles. The van der Waals surface area contributed by atoms with E-state index in [4.69, 9.17) is 9.63 Å². The van der Waals surface area contributed by atoms with Gasteiger partial charge >= 0.3 is 12.1 Å². The van der Waals surface area contributed by atoms with Crippen molar-refractivity contribution in [2.75, 3.05) is 11.4 Å². The van der Waals surface area contributed by atoms with Crippen LogP contribution in [0.1, 0.15) is 47.7 Å². The highest BCUT2D eigenvalue weighted by molar-refractivity contribution is 5.89. The van der Waals surface area contributed by atoms with Crippen molar-refractivity contribution in [1.82, 2.24) is 10.1 Å². The highest BCUT2D eigenvalue weighted by Gasteiger charge is 2.38. The number of aryl methyl sites for hydroxylation is 1. The van der Waals surface area contributed by atoms with E-state index in [0.717, 1.165) is 37.5 Å². The minimum atomic E-state index is -4.59. The molecule has 10 heteroatoms. The van der Waals surface area contributed by atoms with Gasteiger partial charge in [0.05, 0.1) is 16.8 Å².